The van der Waals surface area contributed by atoms with Crippen LogP contribution in [0, 0.1) is 6.07 Å². The molecule has 0 amide bonds. The second-order valence-electron chi connectivity index (χ2n) is 4.48. The van der Waals surface area contributed by atoms with Crippen LogP contribution in [0.15, 0.2) is 13.8 Å². The van der Waals surface area contributed by atoms with Crippen LogP contribution in [0.2, 0.25) is 5.02 Å². The maximum atomic E-state index is 13.8. The Kier molecular flexibility index (Phi) is 6.97. The van der Waals surface area contributed by atoms with Gasteiger partial charge in [-0.2, -0.15) is 22.0 Å². The predicted octanol–water partition coefficient (Wildman–Crippen LogP) is 6.52. The smallest absolute Gasteiger partial charge is 0.486 e. The van der Waals surface area contributed by atoms with E-state index in [2.05, 4.69) is 37.9 Å². The first-order valence-electron chi connectivity index (χ1n) is 6.03. The molecule has 0 saturated carbocycles. The molecule has 1 aromatic carbocycles. The van der Waals surface area contributed by atoms with Crippen molar-refractivity contribution in [3.8, 4) is 0 Å². The first-order valence-corrected chi connectivity index (χ1v) is 9.14. The van der Waals surface area contributed by atoms with E-state index in [0.717, 1.165) is 0 Å². The maximum Gasteiger partial charge on any atom is 0.486 e. The standard InChI is InChI=1S/C12H7Br2ClF7OS/c1-2-3-5-6(13)4-7(14)8(15)9(5)24(23)12(21,22)10(16,17)11(18,19)20/h2-3H2,1H3. The van der Waals surface area contributed by atoms with Crippen LogP contribution in [0.25, 0.3) is 0 Å². The Bertz CT molecular complexity index is 624. The summed E-state index contributed by atoms with van der Waals surface area (Å²) < 4.78 is 103. The van der Waals surface area contributed by atoms with Crippen LogP contribution in [0.1, 0.15) is 18.9 Å². The molecule has 1 rings (SSSR count). The third kappa shape index (κ3) is 3.84. The molecule has 1 aromatic rings. The molecule has 0 saturated heterocycles. The van der Waals surface area contributed by atoms with Crippen LogP contribution in [0.4, 0.5) is 30.7 Å². The van der Waals surface area contributed by atoms with Crippen molar-refractivity contribution in [2.75, 3.05) is 0 Å². The second-order valence-corrected chi connectivity index (χ2v) is 7.90. The first-order chi connectivity index (χ1) is 10.7. The molecule has 0 aromatic heterocycles. The summed E-state index contributed by atoms with van der Waals surface area (Å²) in [6, 6.07) is 2.52. The Morgan fingerprint density at radius 1 is 1.08 bits per heavy atom. The molecule has 1 atom stereocenters. The van der Waals surface area contributed by atoms with Crippen molar-refractivity contribution in [3.05, 3.63) is 25.6 Å². The fourth-order valence-electron chi connectivity index (χ4n) is 1.63. The molecule has 0 aliphatic heterocycles. The molecule has 1 unspecified atom stereocenters. The largest absolute Gasteiger partial charge is 0.606 e. The van der Waals surface area contributed by atoms with Gasteiger partial charge in [-0.05, 0) is 38.3 Å². The van der Waals surface area contributed by atoms with Crippen LogP contribution in [-0.4, -0.2) is 21.9 Å². The lowest BCUT2D eigenvalue weighted by Gasteiger charge is -2.29. The monoisotopic (exact) mass is 525 g/mol. The Balaban J connectivity index is 3.61. The van der Waals surface area contributed by atoms with Crippen LogP contribution in [0.3, 0.4) is 0 Å². The molecule has 1 nitrogen and oxygen atoms in total. The fourth-order valence-corrected chi connectivity index (χ4v) is 4.82. The van der Waals surface area contributed by atoms with Gasteiger partial charge < -0.3 is 4.55 Å². The third-order valence-electron chi connectivity index (χ3n) is 2.79. The normalized spacial score (nSPS) is 14.8. The van der Waals surface area contributed by atoms with Gasteiger partial charge >= 0.3 is 17.4 Å². The van der Waals surface area contributed by atoms with Gasteiger partial charge in [-0.15, -0.1) is 8.78 Å². The molecule has 0 N–H and O–H groups in total. The van der Waals surface area contributed by atoms with Gasteiger partial charge in [0.25, 0.3) is 0 Å². The van der Waals surface area contributed by atoms with Gasteiger partial charge in [-0.3, -0.25) is 0 Å². The second kappa shape index (κ2) is 7.50. The van der Waals surface area contributed by atoms with E-state index in [1.165, 1.54) is 0 Å². The van der Waals surface area contributed by atoms with Gasteiger partial charge in [0, 0.05) is 16.1 Å². The van der Waals surface area contributed by atoms with Crippen molar-refractivity contribution >= 4 is 54.6 Å². The lowest BCUT2D eigenvalue weighted by atomic mass is 10.1. The molecule has 0 fully saturated rings. The van der Waals surface area contributed by atoms with Crippen molar-refractivity contribution in [1.29, 1.82) is 0 Å². The topological polar surface area (TPSA) is 23.1 Å². The number of benzene rings is 1. The minimum absolute atomic E-state index is 0.0184. The number of rotatable bonds is 5. The van der Waals surface area contributed by atoms with Gasteiger partial charge in [0.05, 0.1) is 15.6 Å². The van der Waals surface area contributed by atoms with Gasteiger partial charge in [-0.1, -0.05) is 24.9 Å². The minimum Gasteiger partial charge on any atom is -0.606 e. The molecular weight excluding hydrogens is 520 g/mol. The van der Waals surface area contributed by atoms with Crippen molar-refractivity contribution in [2.45, 2.75) is 42.0 Å². The zero-order chi connectivity index (χ0) is 19.1. The van der Waals surface area contributed by atoms with Crippen LogP contribution >= 0.6 is 43.5 Å². The van der Waals surface area contributed by atoms with Gasteiger partial charge in [0.15, 0.2) is 4.90 Å². The molecule has 1 radical (unpaired) electrons. The third-order valence-corrected chi connectivity index (χ3v) is 6.32. The summed E-state index contributed by atoms with van der Waals surface area (Å²) in [6.45, 7) is 1.59. The van der Waals surface area contributed by atoms with E-state index in [0.29, 0.717) is 6.42 Å². The number of halogens is 10. The van der Waals surface area contributed by atoms with Crippen molar-refractivity contribution in [1.82, 2.24) is 0 Å². The molecule has 12 heteroatoms. The lowest BCUT2D eigenvalue weighted by molar-refractivity contribution is -0.332. The van der Waals surface area contributed by atoms with E-state index in [9.17, 15) is 35.3 Å². The molecule has 0 bridgehead atoms. The number of hydrogen-bond donors (Lipinski definition) is 0. The molecule has 0 aliphatic carbocycles. The van der Waals surface area contributed by atoms with E-state index < -0.39 is 38.4 Å². The van der Waals surface area contributed by atoms with Crippen LogP contribution in [0.5, 0.6) is 0 Å². The zero-order valence-corrected chi connectivity index (χ0v) is 16.3. The summed E-state index contributed by atoms with van der Waals surface area (Å²) in [5.41, 5.74) is -0.179. The van der Waals surface area contributed by atoms with E-state index in [4.69, 9.17) is 11.6 Å². The zero-order valence-electron chi connectivity index (χ0n) is 11.5. The quantitative estimate of drug-likeness (QED) is 0.243. The number of alkyl halides is 7. The highest BCUT2D eigenvalue weighted by Crippen LogP contribution is 2.53. The van der Waals surface area contributed by atoms with Gasteiger partial charge in [0.1, 0.15) is 5.02 Å². The molecule has 0 spiro atoms. The summed E-state index contributed by atoms with van der Waals surface area (Å²) in [6.07, 6.45) is -6.33. The van der Waals surface area contributed by atoms with Gasteiger partial charge in [0.2, 0.25) is 0 Å². The summed E-state index contributed by atoms with van der Waals surface area (Å²) in [5.74, 6) is -6.50. The Labute approximate surface area is 157 Å². The SMILES string of the molecule is CCCc1c(Br)[c]c(Br)c(Cl)c1[S+]([O-])C(F)(F)C(F)(F)C(F)(F)F. The Hall–Kier alpha value is 0.290. The van der Waals surface area contributed by atoms with Crippen molar-refractivity contribution in [2.24, 2.45) is 0 Å². The summed E-state index contributed by atoms with van der Waals surface area (Å²) in [5, 5.41) is -6.59. The molecule has 24 heavy (non-hydrogen) atoms. The molecular formula is C12H7Br2ClF7OS. The Morgan fingerprint density at radius 2 is 1.58 bits per heavy atom. The van der Waals surface area contributed by atoms with E-state index in [1.54, 1.807) is 6.92 Å². The Morgan fingerprint density at radius 3 is 2.00 bits per heavy atom. The minimum atomic E-state index is -6.58. The maximum absolute atomic E-state index is 13.8. The molecule has 0 aliphatic rings. The van der Waals surface area contributed by atoms with Crippen LogP contribution < -0.4 is 0 Å². The summed E-state index contributed by atoms with van der Waals surface area (Å²) in [4.78, 5) is -0.995. The van der Waals surface area contributed by atoms with Crippen molar-refractivity contribution < 1.29 is 35.3 Å². The fraction of sp³-hybridized carbons (Fsp3) is 0.500. The highest BCUT2D eigenvalue weighted by Gasteiger charge is 2.80. The lowest BCUT2D eigenvalue weighted by Crippen LogP contribution is -2.56. The van der Waals surface area contributed by atoms with Crippen molar-refractivity contribution in [3.63, 3.8) is 0 Å². The highest BCUT2D eigenvalue weighted by molar-refractivity contribution is 9.11. The summed E-state index contributed by atoms with van der Waals surface area (Å²) in [7, 11) is 0. The molecule has 137 valence electrons. The summed E-state index contributed by atoms with van der Waals surface area (Å²) >= 11 is 7.38. The first kappa shape index (κ1) is 22.3. The van der Waals surface area contributed by atoms with E-state index in [-0.39, 0.29) is 20.9 Å². The molecule has 0 heterocycles. The average molecular weight is 528 g/mol. The van der Waals surface area contributed by atoms with Gasteiger partial charge in [-0.25, -0.2) is 0 Å². The highest BCUT2D eigenvalue weighted by atomic mass is 79.9. The predicted molar refractivity (Wildman–Crippen MR) is 82.0 cm³/mol. The van der Waals surface area contributed by atoms with Crippen LogP contribution in [-0.2, 0) is 17.6 Å². The van der Waals surface area contributed by atoms with E-state index >= 15 is 0 Å². The van der Waals surface area contributed by atoms with E-state index in [1.807, 2.05) is 0 Å². The number of hydrogen-bond acceptors (Lipinski definition) is 1. The average Bonchev–Trinajstić information content (AvgIpc) is 2.43.